The van der Waals surface area contributed by atoms with Crippen LogP contribution in [0.4, 0.5) is 5.69 Å². The molecule has 0 heterocycles. The zero-order valence-electron chi connectivity index (χ0n) is 27.1. The van der Waals surface area contributed by atoms with Crippen molar-refractivity contribution in [3.8, 4) is 17.2 Å². The monoisotopic (exact) mass is 693 g/mol. The number of amides is 2. The van der Waals surface area contributed by atoms with Crippen LogP contribution in [0.5, 0.6) is 17.2 Å². The van der Waals surface area contributed by atoms with Gasteiger partial charge in [0.1, 0.15) is 18.3 Å². The Balaban J connectivity index is 2.15. The van der Waals surface area contributed by atoms with E-state index in [2.05, 4.69) is 5.32 Å². The van der Waals surface area contributed by atoms with E-state index in [1.54, 1.807) is 49.4 Å². The molecule has 1 N–H and O–H groups in total. The summed E-state index contributed by atoms with van der Waals surface area (Å²) in [5.74, 6) is 0.0610. The number of hydrogen-bond acceptors (Lipinski definition) is 7. The van der Waals surface area contributed by atoms with E-state index in [0.29, 0.717) is 33.7 Å². The van der Waals surface area contributed by atoms with E-state index in [9.17, 15) is 18.0 Å². The number of benzene rings is 3. The van der Waals surface area contributed by atoms with Crippen molar-refractivity contribution in [3.05, 3.63) is 76.3 Å². The van der Waals surface area contributed by atoms with Gasteiger partial charge in [-0.2, -0.15) is 0 Å². The number of rotatable bonds is 14. The molecule has 2 amide bonds. The molecular formula is C33H41Cl2N3O7S. The number of nitrogens with one attached hydrogen (secondary N) is 1. The van der Waals surface area contributed by atoms with E-state index < -0.39 is 34.1 Å². The van der Waals surface area contributed by atoms with Gasteiger partial charge in [-0.1, -0.05) is 36.2 Å². The van der Waals surface area contributed by atoms with Crippen LogP contribution in [0.3, 0.4) is 0 Å². The first-order valence-electron chi connectivity index (χ1n) is 14.7. The van der Waals surface area contributed by atoms with Gasteiger partial charge in [0.05, 0.1) is 31.4 Å². The fourth-order valence-corrected chi connectivity index (χ4v) is 6.61. The number of carbonyl (C=O) groups excluding carboxylic acids is 2. The smallest absolute Gasteiger partial charge is 0.264 e. The Morgan fingerprint density at radius 1 is 0.913 bits per heavy atom. The summed E-state index contributed by atoms with van der Waals surface area (Å²) in [6, 6.07) is 14.4. The van der Waals surface area contributed by atoms with Crippen molar-refractivity contribution in [1.82, 2.24) is 10.2 Å². The van der Waals surface area contributed by atoms with Gasteiger partial charge in [-0.25, -0.2) is 8.42 Å². The molecule has 0 aliphatic heterocycles. The van der Waals surface area contributed by atoms with E-state index in [0.717, 1.165) is 4.31 Å². The normalized spacial score (nSPS) is 12.2. The van der Waals surface area contributed by atoms with E-state index in [1.807, 2.05) is 27.7 Å². The first-order valence-corrected chi connectivity index (χ1v) is 16.9. The molecule has 0 aromatic heterocycles. The molecular weight excluding hydrogens is 653 g/mol. The zero-order chi connectivity index (χ0) is 34.2. The fourth-order valence-electron chi connectivity index (χ4n) is 4.71. The van der Waals surface area contributed by atoms with Crippen molar-refractivity contribution in [2.45, 2.75) is 64.1 Å². The molecule has 0 fully saturated rings. The van der Waals surface area contributed by atoms with Crippen LogP contribution in [0.2, 0.25) is 10.0 Å². The van der Waals surface area contributed by atoms with Crippen LogP contribution in [0, 0.1) is 0 Å². The number of hydrogen-bond donors (Lipinski definition) is 1. The Hall–Kier alpha value is -3.67. The minimum Gasteiger partial charge on any atom is -0.494 e. The van der Waals surface area contributed by atoms with Crippen molar-refractivity contribution in [2.24, 2.45) is 0 Å². The third-order valence-corrected chi connectivity index (χ3v) is 9.25. The van der Waals surface area contributed by atoms with Crippen LogP contribution in [0.15, 0.2) is 65.6 Å². The molecule has 0 saturated carbocycles. The number of ether oxygens (including phenoxy) is 3. The van der Waals surface area contributed by atoms with Crippen LogP contribution in [0.1, 0.15) is 46.6 Å². The van der Waals surface area contributed by atoms with Crippen molar-refractivity contribution < 1.29 is 32.2 Å². The highest BCUT2D eigenvalue weighted by Gasteiger charge is 2.35. The minimum absolute atomic E-state index is 0.0710. The highest BCUT2D eigenvalue weighted by atomic mass is 35.5. The van der Waals surface area contributed by atoms with Crippen LogP contribution in [0.25, 0.3) is 0 Å². The van der Waals surface area contributed by atoms with Crippen molar-refractivity contribution in [1.29, 1.82) is 0 Å². The lowest BCUT2D eigenvalue weighted by Crippen LogP contribution is -2.55. The number of sulfonamides is 1. The summed E-state index contributed by atoms with van der Waals surface area (Å²) in [5.41, 5.74) is 0.169. The summed E-state index contributed by atoms with van der Waals surface area (Å²) < 4.78 is 45.8. The Morgan fingerprint density at radius 2 is 1.57 bits per heavy atom. The second-order valence-electron chi connectivity index (χ2n) is 11.4. The predicted octanol–water partition coefficient (Wildman–Crippen LogP) is 6.33. The summed E-state index contributed by atoms with van der Waals surface area (Å²) >= 11 is 12.6. The number of carbonyl (C=O) groups is 2. The van der Waals surface area contributed by atoms with Gasteiger partial charge in [0.15, 0.2) is 11.5 Å². The van der Waals surface area contributed by atoms with Crippen LogP contribution in [-0.4, -0.2) is 64.1 Å². The Labute approximate surface area is 281 Å². The highest BCUT2D eigenvalue weighted by Crippen LogP contribution is 2.33. The lowest BCUT2D eigenvalue weighted by molar-refractivity contribution is -0.141. The molecule has 1 atom stereocenters. The lowest BCUT2D eigenvalue weighted by atomic mass is 10.1. The second kappa shape index (κ2) is 15.8. The maximum absolute atomic E-state index is 14.4. The summed E-state index contributed by atoms with van der Waals surface area (Å²) in [7, 11) is -1.53. The predicted molar refractivity (Wildman–Crippen MR) is 181 cm³/mol. The van der Waals surface area contributed by atoms with Gasteiger partial charge in [0.25, 0.3) is 10.0 Å². The van der Waals surface area contributed by atoms with E-state index in [1.165, 1.54) is 37.3 Å². The minimum atomic E-state index is -4.37. The Morgan fingerprint density at radius 3 is 2.11 bits per heavy atom. The molecule has 3 aromatic rings. The average molecular weight is 695 g/mol. The number of nitrogens with zero attached hydrogens (tertiary/aromatic N) is 2. The van der Waals surface area contributed by atoms with Gasteiger partial charge in [-0.15, -0.1) is 0 Å². The number of halogens is 2. The maximum Gasteiger partial charge on any atom is 0.264 e. The molecule has 0 aliphatic carbocycles. The molecule has 46 heavy (non-hydrogen) atoms. The quantitative estimate of drug-likeness (QED) is 0.210. The number of methoxy groups -OCH3 is 2. The molecule has 3 aromatic carbocycles. The van der Waals surface area contributed by atoms with Gasteiger partial charge < -0.3 is 24.4 Å². The fraction of sp³-hybridized carbons (Fsp3) is 0.394. The Kier molecular flexibility index (Phi) is 12.6. The van der Waals surface area contributed by atoms with E-state index in [4.69, 9.17) is 37.4 Å². The summed E-state index contributed by atoms with van der Waals surface area (Å²) in [6.07, 6.45) is 0.254. The van der Waals surface area contributed by atoms with Crippen molar-refractivity contribution >= 4 is 50.7 Å². The van der Waals surface area contributed by atoms with Crippen molar-refractivity contribution in [3.63, 3.8) is 0 Å². The molecule has 0 spiro atoms. The summed E-state index contributed by atoms with van der Waals surface area (Å²) in [5, 5.41) is 3.65. The topological polar surface area (TPSA) is 114 Å². The molecule has 0 aliphatic rings. The Bertz CT molecular complexity index is 1630. The molecule has 0 unspecified atom stereocenters. The molecule has 0 saturated heterocycles. The molecule has 0 bridgehead atoms. The van der Waals surface area contributed by atoms with Crippen molar-refractivity contribution in [2.75, 3.05) is 31.7 Å². The molecule has 0 radical (unpaired) electrons. The third-order valence-electron chi connectivity index (χ3n) is 6.90. The first kappa shape index (κ1) is 36.8. The first-order chi connectivity index (χ1) is 21.6. The van der Waals surface area contributed by atoms with Gasteiger partial charge in [0, 0.05) is 28.2 Å². The van der Waals surface area contributed by atoms with Crippen LogP contribution >= 0.6 is 23.2 Å². The third kappa shape index (κ3) is 9.20. The summed E-state index contributed by atoms with van der Waals surface area (Å²) in [4.78, 5) is 29.1. The van der Waals surface area contributed by atoms with Gasteiger partial charge in [-0.05, 0) is 88.2 Å². The van der Waals surface area contributed by atoms with E-state index in [-0.39, 0.29) is 35.2 Å². The SMILES string of the molecule is CCOc1ccc(N(CC(=O)N(Cc2ccc(Cl)cc2Cl)[C@@H](CC)C(=O)NC(C)(C)C)S(=O)(=O)c2ccc(OC)c(OC)c2)cc1. The van der Waals surface area contributed by atoms with Crippen LogP contribution in [-0.2, 0) is 26.2 Å². The van der Waals surface area contributed by atoms with Gasteiger partial charge >= 0.3 is 0 Å². The van der Waals surface area contributed by atoms with Gasteiger partial charge in [0.2, 0.25) is 11.8 Å². The molecule has 10 nitrogen and oxygen atoms in total. The van der Waals surface area contributed by atoms with E-state index >= 15 is 0 Å². The highest BCUT2D eigenvalue weighted by molar-refractivity contribution is 7.92. The standard InChI is InChI=1S/C33H41Cl2N3O7S/c1-8-28(32(40)36-33(3,4)5)37(20-22-10-11-23(34)18-27(22)35)31(39)21-38(24-12-14-25(15-13-24)45-9-2)46(41,42)26-16-17-29(43-6)30(19-26)44-7/h10-19,28H,8-9,20-21H2,1-7H3,(H,36,40)/t28-/m0/s1. The summed E-state index contributed by atoms with van der Waals surface area (Å²) in [6.45, 7) is 8.84. The van der Waals surface area contributed by atoms with Gasteiger partial charge in [-0.3, -0.25) is 13.9 Å². The largest absolute Gasteiger partial charge is 0.494 e. The number of anilines is 1. The molecule has 13 heteroatoms. The zero-order valence-corrected chi connectivity index (χ0v) is 29.4. The van der Waals surface area contributed by atoms with Crippen LogP contribution < -0.4 is 23.8 Å². The molecule has 3 rings (SSSR count). The maximum atomic E-state index is 14.4. The lowest BCUT2D eigenvalue weighted by Gasteiger charge is -2.35. The molecule has 250 valence electrons. The second-order valence-corrected chi connectivity index (χ2v) is 14.1. The average Bonchev–Trinajstić information content (AvgIpc) is 3.00.